The van der Waals surface area contributed by atoms with E-state index in [-0.39, 0.29) is 28.6 Å². The second-order valence-electron chi connectivity index (χ2n) is 3.96. The molecule has 0 aliphatic rings. The van der Waals surface area contributed by atoms with E-state index < -0.39 is 0 Å². The van der Waals surface area contributed by atoms with Crippen molar-refractivity contribution in [2.45, 2.75) is 0 Å². The van der Waals surface area contributed by atoms with Gasteiger partial charge in [-0.3, -0.25) is 4.79 Å². The molecule has 0 saturated carbocycles. The lowest BCUT2D eigenvalue weighted by atomic mass is 10.1. The fourth-order valence-electron chi connectivity index (χ4n) is 1.64. The summed E-state index contributed by atoms with van der Waals surface area (Å²) in [6.45, 7) is 0. The number of ketones is 1. The minimum absolute atomic E-state index is 0.0853. The van der Waals surface area contributed by atoms with Crippen molar-refractivity contribution in [2.24, 2.45) is 0 Å². The maximum atomic E-state index is 11.8. The number of rotatable bonds is 3. The molecular weight excluding hydrogens is 244 g/mol. The molecule has 96 valence electrons. The molecule has 2 rings (SSSR count). The quantitative estimate of drug-likeness (QED) is 0.583. The van der Waals surface area contributed by atoms with E-state index in [1.165, 1.54) is 12.2 Å². The standard InChI is InChI=1S/C15H12O4/c16-11-8-14(18)12(15(19)9-11)6-7-13(17)10-4-2-1-3-5-10/h1-9,16,18-19H. The molecule has 19 heavy (non-hydrogen) atoms. The molecule has 0 bridgehead atoms. The van der Waals surface area contributed by atoms with E-state index in [0.29, 0.717) is 5.56 Å². The van der Waals surface area contributed by atoms with E-state index in [9.17, 15) is 15.0 Å². The highest BCUT2D eigenvalue weighted by atomic mass is 16.3. The van der Waals surface area contributed by atoms with Crippen LogP contribution in [0.3, 0.4) is 0 Å². The Labute approximate surface area is 109 Å². The molecule has 2 aromatic carbocycles. The molecule has 4 nitrogen and oxygen atoms in total. The number of benzene rings is 2. The first-order valence-corrected chi connectivity index (χ1v) is 5.60. The lowest BCUT2D eigenvalue weighted by Crippen LogP contribution is -1.92. The third-order valence-corrected chi connectivity index (χ3v) is 2.58. The Morgan fingerprint density at radius 1 is 0.947 bits per heavy atom. The molecule has 0 radical (unpaired) electrons. The Bertz CT molecular complexity index is 607. The van der Waals surface area contributed by atoms with Gasteiger partial charge in [0.2, 0.25) is 0 Å². The zero-order valence-electron chi connectivity index (χ0n) is 9.95. The SMILES string of the molecule is O=C(C=Cc1c(O)cc(O)cc1O)c1ccccc1. The number of carbonyl (C=O) groups is 1. The fraction of sp³-hybridized carbons (Fsp3) is 0. The third-order valence-electron chi connectivity index (χ3n) is 2.58. The van der Waals surface area contributed by atoms with Gasteiger partial charge >= 0.3 is 0 Å². The largest absolute Gasteiger partial charge is 0.508 e. The summed E-state index contributed by atoms with van der Waals surface area (Å²) in [5.74, 6) is -1.08. The van der Waals surface area contributed by atoms with Crippen LogP contribution in [0.2, 0.25) is 0 Å². The van der Waals surface area contributed by atoms with Crippen LogP contribution in [0.5, 0.6) is 17.2 Å². The number of phenols is 3. The second-order valence-corrected chi connectivity index (χ2v) is 3.96. The number of hydrogen-bond acceptors (Lipinski definition) is 4. The molecule has 3 N–H and O–H groups in total. The minimum Gasteiger partial charge on any atom is -0.508 e. The molecule has 0 fully saturated rings. The topological polar surface area (TPSA) is 77.8 Å². The Morgan fingerprint density at radius 3 is 2.11 bits per heavy atom. The van der Waals surface area contributed by atoms with E-state index in [1.807, 2.05) is 0 Å². The molecule has 2 aromatic rings. The molecule has 0 amide bonds. The van der Waals surface area contributed by atoms with Gasteiger partial charge in [0.15, 0.2) is 5.78 Å². The minimum atomic E-state index is -0.297. The van der Waals surface area contributed by atoms with Crippen molar-refractivity contribution < 1.29 is 20.1 Å². The van der Waals surface area contributed by atoms with Crippen LogP contribution in [0.25, 0.3) is 6.08 Å². The number of phenolic OH excluding ortho intramolecular Hbond substituents is 3. The predicted molar refractivity (Wildman–Crippen MR) is 71.2 cm³/mol. The van der Waals surface area contributed by atoms with Gasteiger partial charge in [0, 0.05) is 17.7 Å². The summed E-state index contributed by atoms with van der Waals surface area (Å²) in [5.41, 5.74) is 0.596. The summed E-state index contributed by atoms with van der Waals surface area (Å²) >= 11 is 0. The van der Waals surface area contributed by atoms with Gasteiger partial charge < -0.3 is 15.3 Å². The van der Waals surface area contributed by atoms with Crippen LogP contribution in [-0.2, 0) is 0 Å². The first-order chi connectivity index (χ1) is 9.08. The van der Waals surface area contributed by atoms with Gasteiger partial charge in [0.25, 0.3) is 0 Å². The summed E-state index contributed by atoms with van der Waals surface area (Å²) in [4.78, 5) is 11.8. The number of aromatic hydroxyl groups is 3. The Kier molecular flexibility index (Phi) is 3.52. The third kappa shape index (κ3) is 2.93. The van der Waals surface area contributed by atoms with Crippen molar-refractivity contribution in [1.29, 1.82) is 0 Å². The smallest absolute Gasteiger partial charge is 0.185 e. The highest BCUT2D eigenvalue weighted by Crippen LogP contribution is 2.32. The molecular formula is C15H12O4. The van der Waals surface area contributed by atoms with Crippen LogP contribution in [-0.4, -0.2) is 21.1 Å². The van der Waals surface area contributed by atoms with Gasteiger partial charge in [-0.1, -0.05) is 30.3 Å². The molecule has 0 heterocycles. The number of allylic oxidation sites excluding steroid dienone is 1. The van der Waals surface area contributed by atoms with Gasteiger partial charge in [-0.25, -0.2) is 0 Å². The van der Waals surface area contributed by atoms with Crippen molar-refractivity contribution in [3.05, 3.63) is 59.7 Å². The van der Waals surface area contributed by atoms with Gasteiger partial charge in [-0.2, -0.15) is 0 Å². The van der Waals surface area contributed by atoms with Crippen LogP contribution in [0.4, 0.5) is 0 Å². The summed E-state index contributed by atoms with van der Waals surface area (Å²) in [6.07, 6.45) is 2.56. The van der Waals surface area contributed by atoms with Crippen LogP contribution in [0.15, 0.2) is 48.5 Å². The molecule has 0 aliphatic carbocycles. The molecule has 0 saturated heterocycles. The van der Waals surface area contributed by atoms with Crippen LogP contribution >= 0.6 is 0 Å². The summed E-state index contributed by atoms with van der Waals surface area (Å²) in [5, 5.41) is 28.3. The fourth-order valence-corrected chi connectivity index (χ4v) is 1.64. The lowest BCUT2D eigenvalue weighted by molar-refractivity contribution is 0.104. The molecule has 0 aliphatic heterocycles. The molecule has 0 atom stereocenters. The average Bonchev–Trinajstić information content (AvgIpc) is 2.38. The number of carbonyl (C=O) groups excluding carboxylic acids is 1. The maximum Gasteiger partial charge on any atom is 0.185 e. The van der Waals surface area contributed by atoms with Crippen LogP contribution in [0, 0.1) is 0 Å². The Morgan fingerprint density at radius 2 is 1.53 bits per heavy atom. The first kappa shape index (κ1) is 12.7. The first-order valence-electron chi connectivity index (χ1n) is 5.60. The van der Waals surface area contributed by atoms with E-state index in [0.717, 1.165) is 12.1 Å². The van der Waals surface area contributed by atoms with Gasteiger partial charge in [0.1, 0.15) is 17.2 Å². The van der Waals surface area contributed by atoms with Crippen molar-refractivity contribution in [3.63, 3.8) is 0 Å². The van der Waals surface area contributed by atoms with E-state index in [2.05, 4.69) is 0 Å². The van der Waals surface area contributed by atoms with E-state index in [4.69, 9.17) is 5.11 Å². The van der Waals surface area contributed by atoms with Crippen LogP contribution < -0.4 is 0 Å². The maximum absolute atomic E-state index is 11.8. The molecule has 0 aromatic heterocycles. The zero-order valence-corrected chi connectivity index (χ0v) is 9.95. The summed E-state index contributed by atoms with van der Waals surface area (Å²) in [7, 11) is 0. The average molecular weight is 256 g/mol. The monoisotopic (exact) mass is 256 g/mol. The van der Waals surface area contributed by atoms with Gasteiger partial charge in [-0.15, -0.1) is 0 Å². The van der Waals surface area contributed by atoms with Crippen molar-refractivity contribution in [1.82, 2.24) is 0 Å². The second kappa shape index (κ2) is 5.27. The molecule has 4 heteroatoms. The normalized spacial score (nSPS) is 10.7. The predicted octanol–water partition coefficient (Wildman–Crippen LogP) is 2.70. The van der Waals surface area contributed by atoms with Gasteiger partial charge in [-0.05, 0) is 12.2 Å². The van der Waals surface area contributed by atoms with Gasteiger partial charge in [0.05, 0.1) is 5.56 Å². The Hall–Kier alpha value is -2.75. The molecule has 0 unspecified atom stereocenters. The van der Waals surface area contributed by atoms with E-state index >= 15 is 0 Å². The van der Waals surface area contributed by atoms with Crippen molar-refractivity contribution in [3.8, 4) is 17.2 Å². The highest BCUT2D eigenvalue weighted by molar-refractivity contribution is 6.07. The lowest BCUT2D eigenvalue weighted by Gasteiger charge is -2.03. The summed E-state index contributed by atoms with van der Waals surface area (Å²) in [6, 6.07) is 10.8. The highest BCUT2D eigenvalue weighted by Gasteiger charge is 2.07. The Balaban J connectivity index is 2.27. The van der Waals surface area contributed by atoms with E-state index in [1.54, 1.807) is 30.3 Å². The van der Waals surface area contributed by atoms with Crippen molar-refractivity contribution in [2.75, 3.05) is 0 Å². The zero-order chi connectivity index (χ0) is 13.8. The van der Waals surface area contributed by atoms with Crippen molar-refractivity contribution >= 4 is 11.9 Å². The number of hydrogen-bond donors (Lipinski definition) is 3. The molecule has 0 spiro atoms. The van der Waals surface area contributed by atoms with Crippen LogP contribution in [0.1, 0.15) is 15.9 Å². The summed E-state index contributed by atoms with van der Waals surface area (Å²) < 4.78 is 0.